The predicted molar refractivity (Wildman–Crippen MR) is 66.8 cm³/mol. The summed E-state index contributed by atoms with van der Waals surface area (Å²) < 4.78 is 12.0. The van der Waals surface area contributed by atoms with Crippen LogP contribution in [0, 0.1) is 0 Å². The lowest BCUT2D eigenvalue weighted by Gasteiger charge is -2.09. The highest BCUT2D eigenvalue weighted by molar-refractivity contribution is 7.80. The summed E-state index contributed by atoms with van der Waals surface area (Å²) in [6.45, 7) is 2.83. The quantitative estimate of drug-likeness (QED) is 0.706. The molecular formula is C12H18FNS. The van der Waals surface area contributed by atoms with Crippen LogP contribution in [0.15, 0.2) is 23.1 Å². The zero-order valence-corrected chi connectivity index (χ0v) is 9.99. The van der Waals surface area contributed by atoms with Gasteiger partial charge in [-0.1, -0.05) is 13.0 Å². The summed E-state index contributed by atoms with van der Waals surface area (Å²) >= 11 is 4.41. The number of rotatable bonds is 6. The van der Waals surface area contributed by atoms with Gasteiger partial charge >= 0.3 is 0 Å². The number of alkyl halides is 1. The molecule has 0 atom stereocenters. The van der Waals surface area contributed by atoms with Crippen molar-refractivity contribution in [2.24, 2.45) is 0 Å². The molecule has 0 spiro atoms. The fraction of sp³-hybridized carbons (Fsp3) is 0.500. The minimum atomic E-state index is -0.252. The van der Waals surface area contributed by atoms with Crippen LogP contribution < -0.4 is 5.32 Å². The molecule has 1 rings (SSSR count). The highest BCUT2D eigenvalue weighted by atomic mass is 32.1. The van der Waals surface area contributed by atoms with Crippen molar-refractivity contribution in [3.63, 3.8) is 0 Å². The number of nitrogens with one attached hydrogen (secondary N) is 1. The van der Waals surface area contributed by atoms with E-state index >= 15 is 0 Å². The average Bonchev–Trinajstić information content (AvgIpc) is 2.25. The molecule has 1 N–H and O–H groups in total. The van der Waals surface area contributed by atoms with E-state index in [9.17, 15) is 4.39 Å². The largest absolute Gasteiger partial charge is 0.384 e. The Morgan fingerprint density at radius 1 is 1.40 bits per heavy atom. The number of hydrogen-bond donors (Lipinski definition) is 2. The van der Waals surface area contributed by atoms with Crippen LogP contribution in [-0.4, -0.2) is 13.2 Å². The van der Waals surface area contributed by atoms with Gasteiger partial charge in [0.2, 0.25) is 0 Å². The van der Waals surface area contributed by atoms with Gasteiger partial charge in [0.1, 0.15) is 0 Å². The van der Waals surface area contributed by atoms with Crippen molar-refractivity contribution >= 4 is 18.3 Å². The second-order valence-corrected chi connectivity index (χ2v) is 4.05. The van der Waals surface area contributed by atoms with Gasteiger partial charge in [0.05, 0.1) is 6.67 Å². The molecule has 0 unspecified atom stereocenters. The van der Waals surface area contributed by atoms with Crippen molar-refractivity contribution in [3.05, 3.63) is 23.8 Å². The molecule has 0 heterocycles. The third-order valence-electron chi connectivity index (χ3n) is 2.23. The minimum absolute atomic E-state index is 0.252. The summed E-state index contributed by atoms with van der Waals surface area (Å²) in [5.74, 6) is 0. The van der Waals surface area contributed by atoms with E-state index in [1.54, 1.807) is 0 Å². The van der Waals surface area contributed by atoms with Crippen LogP contribution in [0.25, 0.3) is 0 Å². The van der Waals surface area contributed by atoms with E-state index in [-0.39, 0.29) is 6.67 Å². The molecule has 0 aliphatic carbocycles. The second-order valence-electron chi connectivity index (χ2n) is 3.57. The smallest absolute Gasteiger partial charge is 0.0897 e. The maximum Gasteiger partial charge on any atom is 0.0897 e. The van der Waals surface area contributed by atoms with Crippen LogP contribution in [0.5, 0.6) is 0 Å². The lowest BCUT2D eigenvalue weighted by atomic mass is 10.1. The number of aryl methyl sites for hydroxylation is 1. The molecule has 84 valence electrons. The fourth-order valence-corrected chi connectivity index (χ4v) is 1.73. The number of benzene rings is 1. The molecule has 15 heavy (non-hydrogen) atoms. The molecule has 0 saturated carbocycles. The Morgan fingerprint density at radius 3 is 2.80 bits per heavy atom. The summed E-state index contributed by atoms with van der Waals surface area (Å²) in [4.78, 5) is 0.944. The zero-order valence-electron chi connectivity index (χ0n) is 9.09. The second kappa shape index (κ2) is 6.72. The Morgan fingerprint density at radius 2 is 2.20 bits per heavy atom. The monoisotopic (exact) mass is 227 g/mol. The van der Waals surface area contributed by atoms with Crippen LogP contribution in [0.4, 0.5) is 10.1 Å². The fourth-order valence-electron chi connectivity index (χ4n) is 1.41. The summed E-state index contributed by atoms with van der Waals surface area (Å²) in [5.41, 5.74) is 2.21. The molecule has 3 heteroatoms. The summed E-state index contributed by atoms with van der Waals surface area (Å²) in [6.07, 6.45) is 2.48. The normalized spacial score (nSPS) is 10.3. The van der Waals surface area contributed by atoms with Gasteiger partial charge in [-0.3, -0.25) is 4.39 Å². The van der Waals surface area contributed by atoms with Gasteiger partial charge in [-0.15, -0.1) is 12.6 Å². The SMILES string of the molecule is CCCNc1ccc(CCCF)cc1S. The Kier molecular flexibility index (Phi) is 5.54. The van der Waals surface area contributed by atoms with Gasteiger partial charge in [0.25, 0.3) is 0 Å². The van der Waals surface area contributed by atoms with E-state index < -0.39 is 0 Å². The maximum absolute atomic E-state index is 12.0. The molecule has 1 nitrogen and oxygen atoms in total. The number of anilines is 1. The van der Waals surface area contributed by atoms with Crippen molar-refractivity contribution in [1.29, 1.82) is 0 Å². The molecule has 0 aliphatic heterocycles. The molecule has 0 bridgehead atoms. The first kappa shape index (κ1) is 12.4. The van der Waals surface area contributed by atoms with Crippen molar-refractivity contribution < 1.29 is 4.39 Å². The molecule has 0 amide bonds. The van der Waals surface area contributed by atoms with Crippen molar-refractivity contribution in [2.45, 2.75) is 31.1 Å². The zero-order chi connectivity index (χ0) is 11.1. The van der Waals surface area contributed by atoms with Crippen LogP contribution in [0.3, 0.4) is 0 Å². The highest BCUT2D eigenvalue weighted by Gasteiger charge is 2.00. The number of hydrogen-bond acceptors (Lipinski definition) is 2. The third kappa shape index (κ3) is 4.12. The first-order valence-corrected chi connectivity index (χ1v) is 5.84. The lowest BCUT2D eigenvalue weighted by molar-refractivity contribution is 0.473. The van der Waals surface area contributed by atoms with Crippen LogP contribution in [-0.2, 0) is 6.42 Å². The maximum atomic E-state index is 12.0. The molecule has 0 saturated heterocycles. The van der Waals surface area contributed by atoms with E-state index in [0.29, 0.717) is 6.42 Å². The van der Waals surface area contributed by atoms with Crippen LogP contribution >= 0.6 is 12.6 Å². The summed E-state index contributed by atoms with van der Waals surface area (Å²) in [6, 6.07) is 6.07. The Bertz CT molecular complexity index is 302. The molecule has 1 aromatic rings. The van der Waals surface area contributed by atoms with Gasteiger partial charge < -0.3 is 5.32 Å². The third-order valence-corrected chi connectivity index (χ3v) is 2.60. The van der Waals surface area contributed by atoms with Gasteiger partial charge in [0, 0.05) is 17.1 Å². The van der Waals surface area contributed by atoms with Crippen molar-refractivity contribution in [2.75, 3.05) is 18.5 Å². The van der Waals surface area contributed by atoms with E-state index in [2.05, 4.69) is 24.9 Å². The first-order chi connectivity index (χ1) is 7.27. The Labute approximate surface area is 96.5 Å². The minimum Gasteiger partial charge on any atom is -0.384 e. The van der Waals surface area contributed by atoms with E-state index in [1.165, 1.54) is 0 Å². The van der Waals surface area contributed by atoms with E-state index in [1.807, 2.05) is 18.2 Å². The summed E-state index contributed by atoms with van der Waals surface area (Å²) in [7, 11) is 0. The average molecular weight is 227 g/mol. The molecule has 0 aromatic heterocycles. The molecule has 0 aliphatic rings. The summed E-state index contributed by atoms with van der Waals surface area (Å²) in [5, 5.41) is 3.30. The first-order valence-electron chi connectivity index (χ1n) is 5.39. The molecule has 1 aromatic carbocycles. The molecule has 0 radical (unpaired) electrons. The molecule has 0 fully saturated rings. The molecular weight excluding hydrogens is 209 g/mol. The van der Waals surface area contributed by atoms with Gasteiger partial charge in [-0.05, 0) is 37.0 Å². The van der Waals surface area contributed by atoms with E-state index in [4.69, 9.17) is 0 Å². The van der Waals surface area contributed by atoms with Crippen molar-refractivity contribution in [3.8, 4) is 0 Å². The van der Waals surface area contributed by atoms with Crippen LogP contribution in [0.2, 0.25) is 0 Å². The lowest BCUT2D eigenvalue weighted by Crippen LogP contribution is -2.00. The Hall–Kier alpha value is -0.700. The number of halogens is 1. The predicted octanol–water partition coefficient (Wildman–Crippen LogP) is 3.70. The highest BCUT2D eigenvalue weighted by Crippen LogP contribution is 2.21. The Balaban J connectivity index is 2.61. The van der Waals surface area contributed by atoms with Crippen LogP contribution in [0.1, 0.15) is 25.3 Å². The topological polar surface area (TPSA) is 12.0 Å². The van der Waals surface area contributed by atoms with Crippen molar-refractivity contribution in [1.82, 2.24) is 0 Å². The van der Waals surface area contributed by atoms with Gasteiger partial charge in [-0.2, -0.15) is 0 Å². The van der Waals surface area contributed by atoms with Gasteiger partial charge in [-0.25, -0.2) is 0 Å². The van der Waals surface area contributed by atoms with Gasteiger partial charge in [0.15, 0.2) is 0 Å². The number of thiol groups is 1. The van der Waals surface area contributed by atoms with E-state index in [0.717, 1.165) is 35.5 Å². The standard InChI is InChI=1S/C12H18FNS/c1-2-8-14-11-6-5-10(4-3-7-13)9-12(11)15/h5-6,9,14-15H,2-4,7-8H2,1H3.